The molecule has 2 aromatic rings. The highest BCUT2D eigenvalue weighted by Crippen LogP contribution is 2.38. The lowest BCUT2D eigenvalue weighted by Gasteiger charge is -2.10. The predicted molar refractivity (Wildman–Crippen MR) is 66.9 cm³/mol. The second-order valence-corrected chi connectivity index (χ2v) is 4.74. The molecule has 0 unspecified atom stereocenters. The molecule has 0 saturated heterocycles. The molecule has 0 saturated carbocycles. The van der Waals surface area contributed by atoms with Crippen molar-refractivity contribution in [1.29, 1.82) is 0 Å². The molecular weight excluding hydrogens is 252 g/mol. The van der Waals surface area contributed by atoms with Gasteiger partial charge in [0, 0.05) is 24.4 Å². The second kappa shape index (κ2) is 4.83. The van der Waals surface area contributed by atoms with E-state index in [4.69, 9.17) is 19.9 Å². The molecule has 1 aromatic heterocycles. The largest absolute Gasteiger partial charge is 0.488 e. The Kier molecular flexibility index (Phi) is 3.04. The van der Waals surface area contributed by atoms with Crippen molar-refractivity contribution in [2.75, 3.05) is 6.79 Å². The number of rotatable bonds is 4. The fraction of sp³-hybridized carbons (Fsp3) is 0.250. The van der Waals surface area contributed by atoms with Gasteiger partial charge in [-0.1, -0.05) is 0 Å². The zero-order valence-electron chi connectivity index (χ0n) is 9.59. The third-order valence-corrected chi connectivity index (χ3v) is 3.38. The summed E-state index contributed by atoms with van der Waals surface area (Å²) >= 11 is 1.56. The smallest absolute Gasteiger partial charge is 0.231 e. The van der Waals surface area contributed by atoms with Gasteiger partial charge in [0.1, 0.15) is 12.4 Å². The first-order valence-corrected chi connectivity index (χ1v) is 6.37. The highest BCUT2D eigenvalue weighted by molar-refractivity contribution is 7.09. The molecule has 0 amide bonds. The van der Waals surface area contributed by atoms with Gasteiger partial charge in [0.05, 0.1) is 10.4 Å². The normalized spacial score (nSPS) is 12.7. The number of nitrogens with zero attached hydrogens (tertiary/aromatic N) is 1. The molecule has 2 heterocycles. The molecule has 3 rings (SSSR count). The summed E-state index contributed by atoms with van der Waals surface area (Å²) < 4.78 is 16.4. The minimum atomic E-state index is 0.248. The Morgan fingerprint density at radius 3 is 2.89 bits per heavy atom. The number of aromatic nitrogens is 1. The zero-order chi connectivity index (χ0) is 12.4. The summed E-state index contributed by atoms with van der Waals surface area (Å²) in [5.41, 5.74) is 8.39. The summed E-state index contributed by atoms with van der Waals surface area (Å²) in [6.07, 6.45) is 1.79. The van der Waals surface area contributed by atoms with Gasteiger partial charge in [-0.3, -0.25) is 4.98 Å². The first kappa shape index (κ1) is 11.3. The molecule has 0 aliphatic carbocycles. The van der Waals surface area contributed by atoms with Gasteiger partial charge in [-0.05, 0) is 6.07 Å². The maximum atomic E-state index is 5.75. The van der Waals surface area contributed by atoms with Crippen molar-refractivity contribution in [1.82, 2.24) is 4.98 Å². The van der Waals surface area contributed by atoms with Gasteiger partial charge >= 0.3 is 0 Å². The van der Waals surface area contributed by atoms with E-state index in [1.165, 1.54) is 0 Å². The van der Waals surface area contributed by atoms with Crippen LogP contribution in [0.5, 0.6) is 17.2 Å². The number of fused-ring (bicyclic) bond motifs is 1. The van der Waals surface area contributed by atoms with Crippen LogP contribution in [0.15, 0.2) is 23.8 Å². The maximum Gasteiger partial charge on any atom is 0.231 e. The Balaban J connectivity index is 1.82. The molecule has 0 atom stereocenters. The molecule has 0 fully saturated rings. The van der Waals surface area contributed by atoms with E-state index >= 15 is 0 Å². The number of ether oxygens (including phenoxy) is 3. The fourth-order valence-electron chi connectivity index (χ4n) is 1.72. The monoisotopic (exact) mass is 264 g/mol. The lowest BCUT2D eigenvalue weighted by Crippen LogP contribution is -2.02. The fourth-order valence-corrected chi connectivity index (χ4v) is 2.23. The van der Waals surface area contributed by atoms with Gasteiger partial charge < -0.3 is 19.9 Å². The van der Waals surface area contributed by atoms with E-state index in [9.17, 15) is 0 Å². The Morgan fingerprint density at radius 1 is 1.33 bits per heavy atom. The molecule has 5 nitrogen and oxygen atoms in total. The zero-order valence-corrected chi connectivity index (χ0v) is 10.4. The molecule has 1 aliphatic heterocycles. The van der Waals surface area contributed by atoms with Crippen molar-refractivity contribution in [3.05, 3.63) is 34.3 Å². The highest BCUT2D eigenvalue weighted by Gasteiger charge is 2.17. The van der Waals surface area contributed by atoms with Crippen molar-refractivity contribution >= 4 is 11.3 Å². The SMILES string of the molecule is NCc1cc2c(cc1OCc1cncs1)OCO2. The van der Waals surface area contributed by atoms with Crippen molar-refractivity contribution < 1.29 is 14.2 Å². The van der Waals surface area contributed by atoms with E-state index in [0.717, 1.165) is 21.9 Å². The Labute approximate surface area is 108 Å². The van der Waals surface area contributed by atoms with Gasteiger partial charge in [-0.25, -0.2) is 0 Å². The molecular formula is C12H12N2O3S. The highest BCUT2D eigenvalue weighted by atomic mass is 32.1. The number of thiazole rings is 1. The molecule has 6 heteroatoms. The number of benzene rings is 1. The van der Waals surface area contributed by atoms with Crippen LogP contribution in [-0.2, 0) is 13.2 Å². The van der Waals surface area contributed by atoms with Crippen LogP contribution >= 0.6 is 11.3 Å². The average Bonchev–Trinajstić information content (AvgIpc) is 3.05. The Morgan fingerprint density at radius 2 is 2.17 bits per heavy atom. The van der Waals surface area contributed by atoms with Gasteiger partial charge in [0.15, 0.2) is 11.5 Å². The molecule has 1 aromatic carbocycles. The molecule has 18 heavy (non-hydrogen) atoms. The first-order valence-electron chi connectivity index (χ1n) is 5.49. The van der Waals surface area contributed by atoms with Crippen molar-refractivity contribution in [2.24, 2.45) is 5.73 Å². The quantitative estimate of drug-likeness (QED) is 0.913. The summed E-state index contributed by atoms with van der Waals surface area (Å²) in [4.78, 5) is 5.07. The summed E-state index contributed by atoms with van der Waals surface area (Å²) in [6, 6.07) is 3.69. The third kappa shape index (κ3) is 2.12. The first-order chi connectivity index (χ1) is 8.86. The standard InChI is InChI=1S/C12H12N2O3S/c13-3-8-1-11-12(17-7-16-11)2-10(8)15-5-9-4-14-6-18-9/h1-2,4,6H,3,5,7,13H2. The van der Waals surface area contributed by atoms with E-state index in [1.807, 2.05) is 12.1 Å². The van der Waals surface area contributed by atoms with E-state index in [2.05, 4.69) is 4.98 Å². The molecule has 94 valence electrons. The van der Waals surface area contributed by atoms with Crippen molar-refractivity contribution in [3.63, 3.8) is 0 Å². The number of nitrogens with two attached hydrogens (primary N) is 1. The van der Waals surface area contributed by atoms with Crippen LogP contribution in [0.25, 0.3) is 0 Å². The number of hydrogen-bond donors (Lipinski definition) is 1. The van der Waals surface area contributed by atoms with E-state index in [0.29, 0.717) is 18.9 Å². The van der Waals surface area contributed by atoms with Crippen LogP contribution in [0.1, 0.15) is 10.4 Å². The summed E-state index contributed by atoms with van der Waals surface area (Å²) in [6.45, 7) is 1.13. The van der Waals surface area contributed by atoms with E-state index in [-0.39, 0.29) is 6.79 Å². The minimum Gasteiger partial charge on any atom is -0.488 e. The second-order valence-electron chi connectivity index (χ2n) is 3.77. The average molecular weight is 264 g/mol. The molecule has 0 spiro atoms. The minimum absolute atomic E-state index is 0.248. The maximum absolute atomic E-state index is 5.75. The van der Waals surface area contributed by atoms with Crippen LogP contribution < -0.4 is 19.9 Å². The van der Waals surface area contributed by atoms with E-state index < -0.39 is 0 Å². The van der Waals surface area contributed by atoms with Crippen LogP contribution in [0, 0.1) is 0 Å². The third-order valence-electron chi connectivity index (χ3n) is 2.63. The lowest BCUT2D eigenvalue weighted by atomic mass is 10.2. The summed E-state index contributed by atoms with van der Waals surface area (Å²) in [7, 11) is 0. The van der Waals surface area contributed by atoms with Crippen LogP contribution in [0.2, 0.25) is 0 Å². The van der Waals surface area contributed by atoms with Gasteiger partial charge in [0.2, 0.25) is 6.79 Å². The molecule has 1 aliphatic rings. The van der Waals surface area contributed by atoms with E-state index in [1.54, 1.807) is 23.0 Å². The lowest BCUT2D eigenvalue weighted by molar-refractivity contribution is 0.173. The Hall–Kier alpha value is -1.79. The summed E-state index contributed by atoms with van der Waals surface area (Å²) in [5, 5.41) is 0. The van der Waals surface area contributed by atoms with Crippen LogP contribution in [-0.4, -0.2) is 11.8 Å². The Bertz CT molecular complexity index is 543. The van der Waals surface area contributed by atoms with Gasteiger partial charge in [-0.2, -0.15) is 0 Å². The van der Waals surface area contributed by atoms with Gasteiger partial charge in [0.25, 0.3) is 0 Å². The molecule has 0 bridgehead atoms. The predicted octanol–water partition coefficient (Wildman–Crippen LogP) is 1.91. The summed E-state index contributed by atoms with van der Waals surface area (Å²) in [5.74, 6) is 2.15. The molecule has 2 N–H and O–H groups in total. The van der Waals surface area contributed by atoms with Crippen molar-refractivity contribution in [3.8, 4) is 17.2 Å². The van der Waals surface area contributed by atoms with Crippen LogP contribution in [0.3, 0.4) is 0 Å². The molecule has 0 radical (unpaired) electrons. The van der Waals surface area contributed by atoms with Crippen molar-refractivity contribution in [2.45, 2.75) is 13.2 Å². The van der Waals surface area contributed by atoms with Crippen LogP contribution in [0.4, 0.5) is 0 Å². The van der Waals surface area contributed by atoms with Gasteiger partial charge in [-0.15, -0.1) is 11.3 Å². The topological polar surface area (TPSA) is 66.6 Å². The number of hydrogen-bond acceptors (Lipinski definition) is 6.